The van der Waals surface area contributed by atoms with Crippen molar-refractivity contribution in [3.8, 4) is 0 Å². The van der Waals surface area contributed by atoms with Crippen molar-refractivity contribution in [2.45, 2.75) is 39.0 Å². The number of nitrogens with zero attached hydrogens (tertiary/aromatic N) is 1. The van der Waals surface area contributed by atoms with Gasteiger partial charge >= 0.3 is 11.7 Å². The van der Waals surface area contributed by atoms with Crippen molar-refractivity contribution in [3.05, 3.63) is 51.6 Å². The molecule has 0 spiro atoms. The third-order valence-corrected chi connectivity index (χ3v) is 5.24. The van der Waals surface area contributed by atoms with Gasteiger partial charge in [-0.1, -0.05) is 6.58 Å². The van der Waals surface area contributed by atoms with Crippen LogP contribution in [0.2, 0.25) is 0 Å². The van der Waals surface area contributed by atoms with E-state index in [9.17, 15) is 9.59 Å². The van der Waals surface area contributed by atoms with Crippen molar-refractivity contribution in [2.24, 2.45) is 0 Å². The Morgan fingerprint density at radius 2 is 2.07 bits per heavy atom. The van der Waals surface area contributed by atoms with E-state index in [0.717, 1.165) is 49.7 Å². The molecule has 0 bridgehead atoms. The molecule has 1 aromatic carbocycles. The Kier molecular flexibility index (Phi) is 4.64. The number of fused-ring (bicyclic) bond motifs is 2. The zero-order valence-electron chi connectivity index (χ0n) is 15.6. The highest BCUT2D eigenvalue weighted by Crippen LogP contribution is 2.40. The van der Waals surface area contributed by atoms with Crippen molar-refractivity contribution >= 4 is 22.7 Å². The molecule has 2 aliphatic heterocycles. The van der Waals surface area contributed by atoms with Crippen LogP contribution in [0.5, 0.6) is 0 Å². The van der Waals surface area contributed by atoms with Gasteiger partial charge in [-0.15, -0.1) is 0 Å². The Balaban J connectivity index is 1.69. The summed E-state index contributed by atoms with van der Waals surface area (Å²) in [7, 11) is 0. The zero-order valence-corrected chi connectivity index (χ0v) is 15.6. The van der Waals surface area contributed by atoms with Crippen molar-refractivity contribution in [3.63, 3.8) is 0 Å². The Labute approximate surface area is 157 Å². The first-order chi connectivity index (χ1) is 13.0. The number of hydrogen-bond acceptors (Lipinski definition) is 5. The molecular weight excluding hydrogens is 344 g/mol. The lowest BCUT2D eigenvalue weighted by Crippen LogP contribution is -2.34. The van der Waals surface area contributed by atoms with Gasteiger partial charge in [0.25, 0.3) is 0 Å². The average molecular weight is 368 g/mol. The van der Waals surface area contributed by atoms with Crippen molar-refractivity contribution in [2.75, 3.05) is 24.5 Å². The van der Waals surface area contributed by atoms with Crippen LogP contribution in [0, 0.1) is 0 Å². The normalized spacial score (nSPS) is 15.4. The van der Waals surface area contributed by atoms with Crippen LogP contribution in [-0.2, 0) is 24.0 Å². The molecule has 6 nitrogen and oxygen atoms in total. The molecule has 1 N–H and O–H groups in total. The van der Waals surface area contributed by atoms with Gasteiger partial charge in [0.05, 0.1) is 5.76 Å². The van der Waals surface area contributed by atoms with Gasteiger partial charge < -0.3 is 19.4 Å². The van der Waals surface area contributed by atoms with Crippen LogP contribution in [0.3, 0.4) is 0 Å². The van der Waals surface area contributed by atoms with Crippen LogP contribution in [0.25, 0.3) is 11.0 Å². The first-order valence-electron chi connectivity index (χ1n) is 9.50. The Morgan fingerprint density at radius 1 is 1.30 bits per heavy atom. The summed E-state index contributed by atoms with van der Waals surface area (Å²) in [6, 6.07) is 3.72. The lowest BCUT2D eigenvalue weighted by Gasteiger charge is -2.37. The molecule has 1 amide bonds. The van der Waals surface area contributed by atoms with E-state index in [1.165, 1.54) is 22.9 Å². The van der Waals surface area contributed by atoms with Gasteiger partial charge in [-0.25, -0.2) is 9.59 Å². The SMILES string of the molecule is C=C(C)OC(=O)NCCc1cc(=O)oc2c3c4c(cc12)CCCN4CCC3. The highest BCUT2D eigenvalue weighted by Gasteiger charge is 2.27. The molecule has 4 rings (SSSR count). The number of aryl methyl sites for hydroxylation is 2. The summed E-state index contributed by atoms with van der Waals surface area (Å²) in [5, 5.41) is 3.68. The number of nitrogens with one attached hydrogen (secondary N) is 1. The Bertz CT molecular complexity index is 974. The molecule has 0 saturated heterocycles. The lowest BCUT2D eigenvalue weighted by molar-refractivity contribution is 0.177. The van der Waals surface area contributed by atoms with Crippen molar-refractivity contribution in [1.82, 2.24) is 5.32 Å². The summed E-state index contributed by atoms with van der Waals surface area (Å²) in [4.78, 5) is 26.2. The molecule has 142 valence electrons. The minimum atomic E-state index is -0.530. The molecule has 3 heterocycles. The number of alkyl carbamates (subject to hydrolysis) is 1. The first-order valence-corrected chi connectivity index (χ1v) is 9.50. The smallest absolute Gasteiger partial charge is 0.412 e. The molecule has 0 aliphatic carbocycles. The number of anilines is 1. The molecule has 27 heavy (non-hydrogen) atoms. The van der Waals surface area contributed by atoms with Crippen LogP contribution in [0.15, 0.2) is 33.7 Å². The van der Waals surface area contributed by atoms with Crippen molar-refractivity contribution in [1.29, 1.82) is 0 Å². The standard InChI is InChI=1S/C21H24N2O4/c1-13(2)26-21(25)22-8-7-14-12-18(24)27-20-16-6-4-10-23-9-3-5-15(19(16)23)11-17(14)20/h11-12H,1,3-10H2,2H3,(H,22,25). The minimum absolute atomic E-state index is 0.341. The van der Waals surface area contributed by atoms with E-state index < -0.39 is 6.09 Å². The molecule has 0 fully saturated rings. The van der Waals surface area contributed by atoms with E-state index in [0.29, 0.717) is 24.3 Å². The lowest BCUT2D eigenvalue weighted by atomic mass is 9.89. The second-order valence-electron chi connectivity index (χ2n) is 7.29. The summed E-state index contributed by atoms with van der Waals surface area (Å²) in [6.45, 7) is 7.69. The van der Waals surface area contributed by atoms with Gasteiger partial charge in [0.2, 0.25) is 0 Å². The number of carbonyl (C=O) groups is 1. The number of hydrogen-bond donors (Lipinski definition) is 1. The van der Waals surface area contributed by atoms with Gasteiger partial charge in [-0.2, -0.15) is 0 Å². The molecule has 2 aromatic rings. The quantitative estimate of drug-likeness (QED) is 0.662. The van der Waals surface area contributed by atoms with Gasteiger partial charge in [0.15, 0.2) is 0 Å². The number of rotatable bonds is 4. The maximum atomic E-state index is 12.2. The van der Waals surface area contributed by atoms with Gasteiger partial charge in [0, 0.05) is 42.3 Å². The summed E-state index contributed by atoms with van der Waals surface area (Å²) in [5.41, 5.74) is 5.07. The fourth-order valence-electron chi connectivity index (χ4n) is 4.24. The minimum Gasteiger partial charge on any atom is -0.422 e. The van der Waals surface area contributed by atoms with Crippen LogP contribution in [0.1, 0.15) is 36.5 Å². The maximum absolute atomic E-state index is 12.2. The largest absolute Gasteiger partial charge is 0.422 e. The zero-order chi connectivity index (χ0) is 19.0. The summed E-state index contributed by atoms with van der Waals surface area (Å²) in [5.74, 6) is 0.341. The van der Waals surface area contributed by atoms with Crippen LogP contribution in [0.4, 0.5) is 10.5 Å². The topological polar surface area (TPSA) is 71.8 Å². The van der Waals surface area contributed by atoms with E-state index in [1.807, 2.05) is 0 Å². The second kappa shape index (κ2) is 7.10. The van der Waals surface area contributed by atoms with Crippen LogP contribution in [-0.4, -0.2) is 25.7 Å². The van der Waals surface area contributed by atoms with E-state index in [2.05, 4.69) is 22.9 Å². The number of carbonyl (C=O) groups excluding carboxylic acids is 1. The molecule has 6 heteroatoms. The number of benzene rings is 1. The third-order valence-electron chi connectivity index (χ3n) is 5.24. The molecule has 0 radical (unpaired) electrons. The summed E-state index contributed by atoms with van der Waals surface area (Å²) in [6.07, 6.45) is 4.22. The summed E-state index contributed by atoms with van der Waals surface area (Å²) >= 11 is 0. The van der Waals surface area contributed by atoms with Gasteiger partial charge in [-0.05, 0) is 56.2 Å². The Morgan fingerprint density at radius 3 is 2.85 bits per heavy atom. The molecular formula is C21H24N2O4. The predicted octanol–water partition coefficient (Wildman–Crippen LogP) is 3.29. The predicted molar refractivity (Wildman–Crippen MR) is 104 cm³/mol. The molecule has 0 saturated carbocycles. The first kappa shape index (κ1) is 17.6. The number of amides is 1. The third kappa shape index (κ3) is 3.44. The fourth-order valence-corrected chi connectivity index (χ4v) is 4.24. The van der Waals surface area contributed by atoms with Crippen molar-refractivity contribution < 1.29 is 13.9 Å². The monoisotopic (exact) mass is 368 g/mol. The van der Waals surface area contributed by atoms with Gasteiger partial charge in [0.1, 0.15) is 5.58 Å². The van der Waals surface area contributed by atoms with E-state index >= 15 is 0 Å². The second-order valence-corrected chi connectivity index (χ2v) is 7.29. The molecule has 1 aromatic heterocycles. The highest BCUT2D eigenvalue weighted by atomic mass is 16.6. The number of allylic oxidation sites excluding steroid dienone is 1. The van der Waals surface area contributed by atoms with E-state index in [1.54, 1.807) is 6.92 Å². The summed E-state index contributed by atoms with van der Waals surface area (Å²) < 4.78 is 10.5. The maximum Gasteiger partial charge on any atom is 0.412 e. The van der Waals surface area contributed by atoms with Crippen LogP contribution < -0.4 is 15.8 Å². The highest BCUT2D eigenvalue weighted by molar-refractivity contribution is 5.90. The molecule has 0 atom stereocenters. The van der Waals surface area contributed by atoms with Gasteiger partial charge in [-0.3, -0.25) is 0 Å². The van der Waals surface area contributed by atoms with Crippen LogP contribution >= 0.6 is 0 Å². The van der Waals surface area contributed by atoms with E-state index in [4.69, 9.17) is 9.15 Å². The molecule has 0 unspecified atom stereocenters. The van der Waals surface area contributed by atoms with E-state index in [-0.39, 0.29) is 5.63 Å². The Hall–Kier alpha value is -2.76. The number of ether oxygens (including phenoxy) is 1. The fraction of sp³-hybridized carbons (Fsp3) is 0.429. The molecule has 2 aliphatic rings. The average Bonchev–Trinajstić information content (AvgIpc) is 2.62.